The Balaban J connectivity index is 1.82. The molecule has 0 saturated carbocycles. The molecule has 2 aromatic rings. The van der Waals surface area contributed by atoms with Gasteiger partial charge in [-0.1, -0.05) is 333 Å². The second-order valence-corrected chi connectivity index (χ2v) is 21.1. The quantitative estimate of drug-likeness (QED) is 0.0605. The maximum Gasteiger partial charge on any atom is 0.141 e. The third-order valence-electron chi connectivity index (χ3n) is 14.8. The number of benzene rings is 2. The van der Waals surface area contributed by atoms with Gasteiger partial charge in [0.25, 0.3) is 0 Å². The molecule has 368 valence electrons. The first-order valence-corrected chi connectivity index (χ1v) is 29.2. The Morgan fingerprint density at radius 3 is 0.688 bits per heavy atom. The molecule has 2 aromatic carbocycles. The molecule has 0 saturated heterocycles. The second-order valence-electron chi connectivity index (χ2n) is 21.1. The number of carbonyl (C=O) groups is 1. The summed E-state index contributed by atoms with van der Waals surface area (Å²) in [4.78, 5) is 13.3. The third kappa shape index (κ3) is 34.4. The Morgan fingerprint density at radius 1 is 0.281 bits per heavy atom. The molecule has 0 fully saturated rings. The van der Waals surface area contributed by atoms with Crippen molar-refractivity contribution in [3.8, 4) is 0 Å². The lowest BCUT2D eigenvalue weighted by molar-refractivity contribution is -0.117. The van der Waals surface area contributed by atoms with Gasteiger partial charge >= 0.3 is 0 Å². The van der Waals surface area contributed by atoms with Gasteiger partial charge in [0, 0.05) is 12.8 Å². The number of hydrogen-bond donors (Lipinski definition) is 0. The van der Waals surface area contributed by atoms with E-state index in [1.165, 1.54) is 292 Å². The maximum absolute atomic E-state index is 13.3. The molecule has 0 aliphatic carbocycles. The maximum atomic E-state index is 13.3. The van der Waals surface area contributed by atoms with Crippen LogP contribution in [0.2, 0.25) is 0 Å². The number of unbranched alkanes of at least 4 members (excludes halogenated alkanes) is 32. The minimum atomic E-state index is 0.336. The van der Waals surface area contributed by atoms with Crippen LogP contribution in [0.5, 0.6) is 0 Å². The molecular formula is C63H110O. The standard InChI is InChI=1S/C63H110O/c1-5-9-13-17-21-25-27-31-35-39-43-57(41-37-33-29-23-19-15-11-7-3)53-59-45-49-61(50-46-59)55-63(64)56-62-51-47-60(48-52-62)54-58(42-38-34-30-24-20-16-12-8-4)44-40-36-32-28-26-22-18-14-10-6-2/h45-52,57-58H,5-44,53-56H2,1-4H3. The summed E-state index contributed by atoms with van der Waals surface area (Å²) in [5.41, 5.74) is 5.29. The van der Waals surface area contributed by atoms with Crippen LogP contribution in [0.3, 0.4) is 0 Å². The van der Waals surface area contributed by atoms with Gasteiger partial charge in [0.05, 0.1) is 0 Å². The molecule has 2 unspecified atom stereocenters. The van der Waals surface area contributed by atoms with Gasteiger partial charge in [-0.15, -0.1) is 0 Å². The summed E-state index contributed by atoms with van der Waals surface area (Å²) in [6, 6.07) is 18.4. The zero-order chi connectivity index (χ0) is 45.8. The van der Waals surface area contributed by atoms with E-state index >= 15 is 0 Å². The third-order valence-corrected chi connectivity index (χ3v) is 14.8. The number of carbonyl (C=O) groups excluding carboxylic acids is 1. The smallest absolute Gasteiger partial charge is 0.141 e. The summed E-state index contributed by atoms with van der Waals surface area (Å²) in [5, 5.41) is 0. The van der Waals surface area contributed by atoms with Crippen LogP contribution in [0.25, 0.3) is 0 Å². The fraction of sp³-hybridized carbons (Fsp3) is 0.794. The van der Waals surface area contributed by atoms with Crippen molar-refractivity contribution in [1.29, 1.82) is 0 Å². The normalized spacial score (nSPS) is 12.6. The van der Waals surface area contributed by atoms with E-state index in [-0.39, 0.29) is 0 Å². The van der Waals surface area contributed by atoms with Crippen LogP contribution in [0.15, 0.2) is 48.5 Å². The van der Waals surface area contributed by atoms with E-state index in [2.05, 4.69) is 76.2 Å². The highest BCUT2D eigenvalue weighted by molar-refractivity contribution is 5.83. The molecule has 0 radical (unpaired) electrons. The van der Waals surface area contributed by atoms with Gasteiger partial charge in [0.2, 0.25) is 0 Å². The van der Waals surface area contributed by atoms with Crippen molar-refractivity contribution >= 4 is 5.78 Å². The van der Waals surface area contributed by atoms with E-state index in [9.17, 15) is 4.79 Å². The molecule has 0 bridgehead atoms. The number of hydrogen-bond acceptors (Lipinski definition) is 1. The van der Waals surface area contributed by atoms with E-state index in [0.717, 1.165) is 11.8 Å². The zero-order valence-corrected chi connectivity index (χ0v) is 43.8. The molecule has 64 heavy (non-hydrogen) atoms. The van der Waals surface area contributed by atoms with Gasteiger partial charge in [-0.05, 0) is 46.9 Å². The predicted octanol–water partition coefficient (Wildman–Crippen LogP) is 21.0. The molecule has 0 N–H and O–H groups in total. The van der Waals surface area contributed by atoms with Gasteiger partial charge in [0.15, 0.2) is 0 Å². The van der Waals surface area contributed by atoms with Gasteiger partial charge in [0.1, 0.15) is 5.78 Å². The van der Waals surface area contributed by atoms with E-state index < -0.39 is 0 Å². The molecule has 0 spiro atoms. The fourth-order valence-electron chi connectivity index (χ4n) is 10.4. The molecule has 1 nitrogen and oxygen atoms in total. The van der Waals surface area contributed by atoms with Crippen molar-refractivity contribution < 1.29 is 4.79 Å². The lowest BCUT2D eigenvalue weighted by Crippen LogP contribution is -2.08. The largest absolute Gasteiger partial charge is 0.299 e. The first kappa shape index (κ1) is 58.2. The SMILES string of the molecule is CCCCCCCCCCCCC(CCCCCCCCCC)Cc1ccc(CC(=O)Cc2ccc(CC(CCCCCCCCCC)CCCCCCCCCCCC)cc2)cc1. The Labute approximate surface area is 401 Å². The Hall–Kier alpha value is -1.89. The summed E-state index contributed by atoms with van der Waals surface area (Å²) in [7, 11) is 0. The summed E-state index contributed by atoms with van der Waals surface area (Å²) in [6.45, 7) is 9.25. The van der Waals surface area contributed by atoms with Crippen molar-refractivity contribution in [2.24, 2.45) is 11.8 Å². The Kier molecular flexibility index (Phi) is 39.7. The predicted molar refractivity (Wildman–Crippen MR) is 287 cm³/mol. The topological polar surface area (TPSA) is 17.1 Å². The first-order chi connectivity index (χ1) is 31.6. The van der Waals surface area contributed by atoms with Crippen LogP contribution in [0, 0.1) is 11.8 Å². The molecule has 0 amide bonds. The average Bonchev–Trinajstić information content (AvgIpc) is 3.30. The summed E-state index contributed by atoms with van der Waals surface area (Å²) >= 11 is 0. The Bertz CT molecular complexity index is 1160. The highest BCUT2D eigenvalue weighted by Crippen LogP contribution is 2.26. The van der Waals surface area contributed by atoms with E-state index in [1.807, 2.05) is 0 Å². The molecular weight excluding hydrogens is 773 g/mol. The van der Waals surface area contributed by atoms with Crippen LogP contribution in [0.4, 0.5) is 0 Å². The minimum Gasteiger partial charge on any atom is -0.299 e. The van der Waals surface area contributed by atoms with E-state index in [0.29, 0.717) is 18.6 Å². The van der Waals surface area contributed by atoms with Crippen molar-refractivity contribution in [3.63, 3.8) is 0 Å². The first-order valence-electron chi connectivity index (χ1n) is 29.2. The monoisotopic (exact) mass is 883 g/mol. The molecule has 0 aliphatic heterocycles. The van der Waals surface area contributed by atoms with Gasteiger partial charge in [-0.2, -0.15) is 0 Å². The van der Waals surface area contributed by atoms with Crippen molar-refractivity contribution in [2.75, 3.05) is 0 Å². The molecule has 0 aliphatic rings. The second kappa shape index (κ2) is 43.7. The summed E-state index contributed by atoms with van der Waals surface area (Å²) in [5.74, 6) is 1.93. The van der Waals surface area contributed by atoms with Crippen LogP contribution < -0.4 is 0 Å². The van der Waals surface area contributed by atoms with Gasteiger partial charge < -0.3 is 0 Å². The van der Waals surface area contributed by atoms with Gasteiger partial charge in [-0.3, -0.25) is 4.79 Å². The molecule has 2 rings (SSSR count). The lowest BCUT2D eigenvalue weighted by atomic mass is 9.88. The zero-order valence-electron chi connectivity index (χ0n) is 43.8. The van der Waals surface area contributed by atoms with Crippen LogP contribution in [0.1, 0.15) is 307 Å². The molecule has 0 heterocycles. The molecule has 1 heteroatoms. The van der Waals surface area contributed by atoms with Crippen molar-refractivity contribution in [3.05, 3.63) is 70.8 Å². The highest BCUT2D eigenvalue weighted by atomic mass is 16.1. The number of rotatable bonds is 48. The van der Waals surface area contributed by atoms with Gasteiger partial charge in [-0.25, -0.2) is 0 Å². The minimum absolute atomic E-state index is 0.336. The highest BCUT2D eigenvalue weighted by Gasteiger charge is 2.13. The van der Waals surface area contributed by atoms with E-state index in [1.54, 1.807) is 0 Å². The molecule has 0 aromatic heterocycles. The van der Waals surface area contributed by atoms with Crippen molar-refractivity contribution in [1.82, 2.24) is 0 Å². The Morgan fingerprint density at radius 2 is 0.469 bits per heavy atom. The number of ketones is 1. The number of Topliss-reactive ketones (excluding diaryl/α,β-unsaturated/α-hetero) is 1. The van der Waals surface area contributed by atoms with Crippen LogP contribution >= 0.6 is 0 Å². The summed E-state index contributed by atoms with van der Waals surface area (Å²) < 4.78 is 0. The average molecular weight is 884 g/mol. The van der Waals surface area contributed by atoms with E-state index in [4.69, 9.17) is 0 Å². The van der Waals surface area contributed by atoms with Crippen molar-refractivity contribution in [2.45, 2.75) is 310 Å². The van der Waals surface area contributed by atoms with Crippen LogP contribution in [-0.2, 0) is 30.5 Å². The summed E-state index contributed by atoms with van der Waals surface area (Å²) in [6.07, 6.45) is 59.8. The van der Waals surface area contributed by atoms with Crippen LogP contribution in [-0.4, -0.2) is 5.78 Å². The fourth-order valence-corrected chi connectivity index (χ4v) is 10.4. The molecule has 2 atom stereocenters. The lowest BCUT2D eigenvalue weighted by Gasteiger charge is -2.18.